The number of likely N-dealkylation sites (tertiary alicyclic amines) is 2. The van der Waals surface area contributed by atoms with E-state index in [1.807, 2.05) is 11.0 Å². The molecule has 0 bridgehead atoms. The first-order chi connectivity index (χ1) is 12.1. The van der Waals surface area contributed by atoms with Crippen molar-refractivity contribution in [1.29, 1.82) is 0 Å². The average molecular weight is 341 g/mol. The van der Waals surface area contributed by atoms with Crippen molar-refractivity contribution >= 4 is 16.8 Å². The Labute approximate surface area is 147 Å². The van der Waals surface area contributed by atoms with Gasteiger partial charge >= 0.3 is 0 Å². The minimum Gasteiger partial charge on any atom is -0.338 e. The Morgan fingerprint density at radius 2 is 2.00 bits per heavy atom. The summed E-state index contributed by atoms with van der Waals surface area (Å²) >= 11 is 0. The molecule has 4 nitrogen and oxygen atoms in total. The van der Waals surface area contributed by atoms with Gasteiger partial charge in [0.1, 0.15) is 5.82 Å². The molecule has 5 heteroatoms. The molecular weight excluding hydrogens is 317 g/mol. The predicted octanol–water partition coefficient (Wildman–Crippen LogP) is 3.35. The molecule has 25 heavy (non-hydrogen) atoms. The lowest BCUT2D eigenvalue weighted by Crippen LogP contribution is -2.47. The van der Waals surface area contributed by atoms with E-state index in [9.17, 15) is 9.18 Å². The SMILES string of the molecule is CC(=O)N1CCC[C@@H]1[C@@H]1CCCN1Cc1ccc(F)c2cccnc12. The second-order valence-corrected chi connectivity index (χ2v) is 7.21. The number of fused-ring (bicyclic) bond motifs is 1. The molecule has 0 aliphatic carbocycles. The number of hydrogen-bond donors (Lipinski definition) is 0. The molecule has 2 aliphatic rings. The number of pyridine rings is 1. The summed E-state index contributed by atoms with van der Waals surface area (Å²) in [4.78, 5) is 20.9. The van der Waals surface area contributed by atoms with Crippen molar-refractivity contribution in [2.75, 3.05) is 13.1 Å². The highest BCUT2D eigenvalue weighted by Crippen LogP contribution is 2.32. The summed E-state index contributed by atoms with van der Waals surface area (Å²) < 4.78 is 14.0. The fourth-order valence-corrected chi connectivity index (χ4v) is 4.61. The maximum absolute atomic E-state index is 14.0. The van der Waals surface area contributed by atoms with Crippen LogP contribution in [0.15, 0.2) is 30.5 Å². The first-order valence-corrected chi connectivity index (χ1v) is 9.18. The van der Waals surface area contributed by atoms with Crippen LogP contribution in [0.3, 0.4) is 0 Å². The standard InChI is InChI=1S/C20H24FN3O/c1-14(25)24-12-4-7-19(24)18-6-3-11-23(18)13-15-8-9-17(21)16-5-2-10-22-20(15)16/h2,5,8-10,18-19H,3-4,6-7,11-13H2,1H3/t18-,19+/m0/s1. The second kappa shape index (κ2) is 6.71. The van der Waals surface area contributed by atoms with Gasteiger partial charge in [0, 0.05) is 43.7 Å². The Morgan fingerprint density at radius 3 is 2.84 bits per heavy atom. The third-order valence-electron chi connectivity index (χ3n) is 5.74. The van der Waals surface area contributed by atoms with Crippen LogP contribution in [0.25, 0.3) is 10.9 Å². The number of nitrogens with zero attached hydrogens (tertiary/aromatic N) is 3. The van der Waals surface area contributed by atoms with E-state index in [0.29, 0.717) is 17.5 Å². The van der Waals surface area contributed by atoms with Gasteiger partial charge in [0.2, 0.25) is 5.91 Å². The molecule has 2 aromatic rings. The lowest BCUT2D eigenvalue weighted by atomic mass is 10.0. The molecule has 3 heterocycles. The predicted molar refractivity (Wildman–Crippen MR) is 95.5 cm³/mol. The van der Waals surface area contributed by atoms with E-state index in [2.05, 4.69) is 9.88 Å². The molecule has 2 aliphatic heterocycles. The first kappa shape index (κ1) is 16.5. The Kier molecular flexibility index (Phi) is 4.42. The molecule has 2 atom stereocenters. The summed E-state index contributed by atoms with van der Waals surface area (Å²) in [6, 6.07) is 7.68. The van der Waals surface area contributed by atoms with E-state index < -0.39 is 0 Å². The zero-order chi connectivity index (χ0) is 17.4. The van der Waals surface area contributed by atoms with E-state index in [-0.39, 0.29) is 11.7 Å². The van der Waals surface area contributed by atoms with Gasteiger partial charge in [-0.2, -0.15) is 0 Å². The number of benzene rings is 1. The molecule has 1 aromatic carbocycles. The summed E-state index contributed by atoms with van der Waals surface area (Å²) in [7, 11) is 0. The molecule has 4 rings (SSSR count). The van der Waals surface area contributed by atoms with Crippen molar-refractivity contribution in [3.8, 4) is 0 Å². The van der Waals surface area contributed by atoms with Crippen molar-refractivity contribution in [2.24, 2.45) is 0 Å². The van der Waals surface area contributed by atoms with E-state index in [1.54, 1.807) is 31.3 Å². The fourth-order valence-electron chi connectivity index (χ4n) is 4.61. The maximum Gasteiger partial charge on any atom is 0.219 e. The number of amides is 1. The second-order valence-electron chi connectivity index (χ2n) is 7.21. The molecule has 132 valence electrons. The summed E-state index contributed by atoms with van der Waals surface area (Å²) in [5.74, 6) is -0.0355. The summed E-state index contributed by atoms with van der Waals surface area (Å²) in [5.41, 5.74) is 1.82. The van der Waals surface area contributed by atoms with Gasteiger partial charge < -0.3 is 4.90 Å². The van der Waals surface area contributed by atoms with Crippen molar-refractivity contribution in [1.82, 2.24) is 14.8 Å². The van der Waals surface area contributed by atoms with E-state index >= 15 is 0 Å². The highest BCUT2D eigenvalue weighted by Gasteiger charge is 2.38. The zero-order valence-corrected chi connectivity index (χ0v) is 14.6. The quantitative estimate of drug-likeness (QED) is 0.859. The molecule has 0 radical (unpaired) electrons. The molecule has 0 N–H and O–H groups in total. The normalized spacial score (nSPS) is 24.3. The highest BCUT2D eigenvalue weighted by atomic mass is 19.1. The topological polar surface area (TPSA) is 36.4 Å². The van der Waals surface area contributed by atoms with Gasteiger partial charge in [-0.05, 0) is 56.0 Å². The average Bonchev–Trinajstić information content (AvgIpc) is 3.26. The van der Waals surface area contributed by atoms with Crippen LogP contribution < -0.4 is 0 Å². The van der Waals surface area contributed by atoms with Crippen LogP contribution in [-0.4, -0.2) is 45.9 Å². The molecular formula is C20H24FN3O. The third kappa shape index (κ3) is 3.01. The minimum absolute atomic E-state index is 0.184. The van der Waals surface area contributed by atoms with Crippen molar-refractivity contribution in [3.05, 3.63) is 41.8 Å². The zero-order valence-electron chi connectivity index (χ0n) is 14.6. The summed E-state index contributed by atoms with van der Waals surface area (Å²) in [6.07, 6.45) is 6.18. The molecule has 2 saturated heterocycles. The number of aromatic nitrogens is 1. The molecule has 0 unspecified atom stereocenters. The van der Waals surface area contributed by atoms with E-state index in [1.165, 1.54) is 0 Å². The number of carbonyl (C=O) groups excluding carboxylic acids is 1. The Hall–Kier alpha value is -2.01. The first-order valence-electron chi connectivity index (χ1n) is 9.18. The van der Waals surface area contributed by atoms with E-state index in [0.717, 1.165) is 56.4 Å². The monoisotopic (exact) mass is 341 g/mol. The fraction of sp³-hybridized carbons (Fsp3) is 0.500. The van der Waals surface area contributed by atoms with Gasteiger partial charge in [-0.1, -0.05) is 6.07 Å². The molecule has 1 amide bonds. The van der Waals surface area contributed by atoms with E-state index in [4.69, 9.17) is 0 Å². The Bertz CT molecular complexity index is 794. The smallest absolute Gasteiger partial charge is 0.219 e. The van der Waals surface area contributed by atoms with Gasteiger partial charge in [0.15, 0.2) is 0 Å². The van der Waals surface area contributed by atoms with Crippen LogP contribution >= 0.6 is 0 Å². The van der Waals surface area contributed by atoms with Crippen LogP contribution in [0.2, 0.25) is 0 Å². The van der Waals surface area contributed by atoms with Crippen LogP contribution in [0.5, 0.6) is 0 Å². The summed E-state index contributed by atoms with van der Waals surface area (Å²) in [6.45, 7) is 4.35. The van der Waals surface area contributed by atoms with Gasteiger partial charge in [-0.25, -0.2) is 4.39 Å². The van der Waals surface area contributed by atoms with Gasteiger partial charge in [0.25, 0.3) is 0 Å². The number of hydrogen-bond acceptors (Lipinski definition) is 3. The molecule has 0 saturated carbocycles. The molecule has 1 aromatic heterocycles. The Morgan fingerprint density at radius 1 is 1.20 bits per heavy atom. The van der Waals surface area contributed by atoms with Crippen molar-refractivity contribution in [3.63, 3.8) is 0 Å². The van der Waals surface area contributed by atoms with Crippen molar-refractivity contribution in [2.45, 2.75) is 51.2 Å². The Balaban J connectivity index is 1.60. The van der Waals surface area contributed by atoms with Gasteiger partial charge in [-0.3, -0.25) is 14.7 Å². The lowest BCUT2D eigenvalue weighted by Gasteiger charge is -2.34. The van der Waals surface area contributed by atoms with Gasteiger partial charge in [0.05, 0.1) is 5.52 Å². The van der Waals surface area contributed by atoms with Crippen molar-refractivity contribution < 1.29 is 9.18 Å². The van der Waals surface area contributed by atoms with Crippen LogP contribution in [-0.2, 0) is 11.3 Å². The van der Waals surface area contributed by atoms with Gasteiger partial charge in [-0.15, -0.1) is 0 Å². The highest BCUT2D eigenvalue weighted by molar-refractivity contribution is 5.82. The van der Waals surface area contributed by atoms with Crippen LogP contribution in [0.4, 0.5) is 4.39 Å². The largest absolute Gasteiger partial charge is 0.338 e. The number of carbonyl (C=O) groups is 1. The minimum atomic E-state index is -0.219. The third-order valence-corrected chi connectivity index (χ3v) is 5.74. The lowest BCUT2D eigenvalue weighted by molar-refractivity contribution is -0.130. The van der Waals surface area contributed by atoms with Crippen LogP contribution in [0, 0.1) is 5.82 Å². The maximum atomic E-state index is 14.0. The summed E-state index contributed by atoms with van der Waals surface area (Å²) in [5, 5.41) is 0.585. The molecule has 0 spiro atoms. The van der Waals surface area contributed by atoms with Crippen LogP contribution in [0.1, 0.15) is 38.2 Å². The number of rotatable bonds is 3. The number of halogens is 1. The molecule has 2 fully saturated rings.